The average molecular weight is 540 g/mol. The summed E-state index contributed by atoms with van der Waals surface area (Å²) in [6.45, 7) is 5.21. The van der Waals surface area contributed by atoms with Gasteiger partial charge in [-0.1, -0.05) is 18.2 Å². The first kappa shape index (κ1) is 25.1. The van der Waals surface area contributed by atoms with E-state index >= 15 is 0 Å². The monoisotopic (exact) mass is 539 g/mol. The van der Waals surface area contributed by atoms with E-state index in [1.54, 1.807) is 41.8 Å². The van der Waals surface area contributed by atoms with Crippen LogP contribution in [0, 0.1) is 13.8 Å². The Labute approximate surface area is 218 Å². The maximum atomic E-state index is 12.8. The lowest BCUT2D eigenvalue weighted by Crippen LogP contribution is -2.40. The number of thiazole rings is 1. The molecule has 1 aliphatic heterocycles. The molecule has 3 N–H and O–H groups in total. The molecule has 12 heteroatoms. The highest BCUT2D eigenvalue weighted by Gasteiger charge is 2.26. The smallest absolute Gasteiger partial charge is 0.275 e. The Morgan fingerprint density at radius 3 is 2.54 bits per heavy atom. The van der Waals surface area contributed by atoms with E-state index in [9.17, 15) is 18.3 Å². The number of carbonyl (C=O) groups is 1. The van der Waals surface area contributed by atoms with E-state index < -0.39 is 15.9 Å². The molecule has 1 saturated heterocycles. The van der Waals surface area contributed by atoms with E-state index in [2.05, 4.69) is 20.5 Å². The number of phenolic OH excluding ortho intramolecular Hbond substituents is 1. The van der Waals surface area contributed by atoms with Crippen molar-refractivity contribution < 1.29 is 23.1 Å². The molecule has 2 aromatic heterocycles. The fourth-order valence-corrected chi connectivity index (χ4v) is 6.33. The number of nitrogens with zero attached hydrogens (tertiary/aromatic N) is 3. The first-order valence-electron chi connectivity index (χ1n) is 11.5. The number of benzene rings is 2. The lowest BCUT2D eigenvalue weighted by atomic mass is 10.0. The zero-order chi connectivity index (χ0) is 26.2. The van der Waals surface area contributed by atoms with Crippen molar-refractivity contribution in [2.24, 2.45) is 0 Å². The second-order valence-electron chi connectivity index (χ2n) is 8.68. The van der Waals surface area contributed by atoms with Gasteiger partial charge in [0.1, 0.15) is 11.4 Å². The van der Waals surface area contributed by atoms with Crippen molar-refractivity contribution in [2.75, 3.05) is 31.6 Å². The fraction of sp³-hybridized carbons (Fsp3) is 0.240. The Morgan fingerprint density at radius 2 is 1.84 bits per heavy atom. The summed E-state index contributed by atoms with van der Waals surface area (Å²) in [5.74, 6) is -0.319. The Morgan fingerprint density at radius 1 is 1.11 bits per heavy atom. The topological polar surface area (TPSA) is 138 Å². The van der Waals surface area contributed by atoms with E-state index in [1.807, 2.05) is 19.9 Å². The van der Waals surface area contributed by atoms with Crippen LogP contribution in [0.15, 0.2) is 52.7 Å². The number of H-pyrrole nitrogens is 1. The quantitative estimate of drug-likeness (QED) is 0.339. The lowest BCUT2D eigenvalue weighted by Gasteiger charge is -2.26. The molecule has 0 spiro atoms. The number of phenols is 1. The number of morpholine rings is 1. The third-order valence-corrected chi connectivity index (χ3v) is 8.69. The van der Waals surface area contributed by atoms with E-state index in [0.717, 1.165) is 16.7 Å². The summed E-state index contributed by atoms with van der Waals surface area (Å²) in [4.78, 5) is 17.5. The van der Waals surface area contributed by atoms with Gasteiger partial charge in [0, 0.05) is 29.6 Å². The fourth-order valence-electron chi connectivity index (χ4n) is 4.21. The van der Waals surface area contributed by atoms with Gasteiger partial charge in [0.25, 0.3) is 5.91 Å². The number of amides is 1. The summed E-state index contributed by atoms with van der Waals surface area (Å²) in [5.41, 5.74) is 4.38. The molecule has 0 unspecified atom stereocenters. The minimum atomic E-state index is -3.57. The number of aromatic hydroxyl groups is 1. The molecule has 0 radical (unpaired) electrons. The number of rotatable bonds is 6. The van der Waals surface area contributed by atoms with Gasteiger partial charge >= 0.3 is 0 Å². The number of anilines is 1. The molecular weight excluding hydrogens is 514 g/mol. The molecule has 5 rings (SSSR count). The van der Waals surface area contributed by atoms with Gasteiger partial charge in [-0.2, -0.15) is 9.40 Å². The lowest BCUT2D eigenvalue weighted by molar-refractivity contribution is 0.0730. The summed E-state index contributed by atoms with van der Waals surface area (Å²) in [5, 5.41) is 22.2. The molecule has 0 aliphatic carbocycles. The first-order chi connectivity index (χ1) is 17.7. The zero-order valence-electron chi connectivity index (χ0n) is 20.2. The molecule has 3 heterocycles. The van der Waals surface area contributed by atoms with Gasteiger partial charge < -0.3 is 9.84 Å². The van der Waals surface area contributed by atoms with Gasteiger partial charge in [-0.05, 0) is 49.2 Å². The van der Waals surface area contributed by atoms with Gasteiger partial charge in [0.2, 0.25) is 10.0 Å². The zero-order valence-corrected chi connectivity index (χ0v) is 21.8. The predicted molar refractivity (Wildman–Crippen MR) is 140 cm³/mol. The number of ether oxygens (including phenoxy) is 1. The van der Waals surface area contributed by atoms with Crippen molar-refractivity contribution in [2.45, 2.75) is 18.7 Å². The van der Waals surface area contributed by atoms with Crippen LogP contribution in [0.25, 0.3) is 22.5 Å². The van der Waals surface area contributed by atoms with Crippen molar-refractivity contribution in [1.29, 1.82) is 0 Å². The van der Waals surface area contributed by atoms with Crippen molar-refractivity contribution >= 4 is 32.4 Å². The number of nitrogens with one attached hydrogen (secondary N) is 2. The SMILES string of the molecule is Cc1cc(C)c(-c2cc(C(=O)Nc3nc(-c4ccc(S(=O)(=O)N5CCOCC5)cc4)cs3)[nH]n2)c(O)c1. The third kappa shape index (κ3) is 5.14. The summed E-state index contributed by atoms with van der Waals surface area (Å²) in [7, 11) is -3.57. The Hall–Kier alpha value is -3.58. The van der Waals surface area contributed by atoms with Crippen LogP contribution >= 0.6 is 11.3 Å². The molecule has 0 atom stereocenters. The number of aromatic amines is 1. The van der Waals surface area contributed by atoms with Crippen molar-refractivity contribution in [3.05, 3.63) is 64.7 Å². The van der Waals surface area contributed by atoms with Crippen LogP contribution in [0.1, 0.15) is 21.6 Å². The summed E-state index contributed by atoms with van der Waals surface area (Å²) < 4.78 is 32.3. The van der Waals surface area contributed by atoms with E-state index in [4.69, 9.17) is 4.74 Å². The van der Waals surface area contributed by atoms with Gasteiger partial charge in [-0.15, -0.1) is 11.3 Å². The van der Waals surface area contributed by atoms with Crippen molar-refractivity contribution in [3.63, 3.8) is 0 Å². The molecule has 1 aliphatic rings. The highest BCUT2D eigenvalue weighted by atomic mass is 32.2. The van der Waals surface area contributed by atoms with Crippen molar-refractivity contribution in [3.8, 4) is 28.3 Å². The largest absolute Gasteiger partial charge is 0.507 e. The van der Waals surface area contributed by atoms with Crippen LogP contribution in [0.2, 0.25) is 0 Å². The maximum Gasteiger partial charge on any atom is 0.275 e. The van der Waals surface area contributed by atoms with Crippen LogP contribution in [0.4, 0.5) is 5.13 Å². The molecule has 1 fully saturated rings. The van der Waals surface area contributed by atoms with Crippen LogP contribution in [-0.2, 0) is 14.8 Å². The molecule has 37 heavy (non-hydrogen) atoms. The Balaban J connectivity index is 1.28. The second-order valence-corrected chi connectivity index (χ2v) is 11.5. The molecular formula is C25H25N5O5S2. The van der Waals surface area contributed by atoms with Gasteiger partial charge in [0.15, 0.2) is 5.13 Å². The number of hydrogen-bond acceptors (Lipinski definition) is 8. The van der Waals surface area contributed by atoms with Gasteiger partial charge in [-0.3, -0.25) is 15.2 Å². The maximum absolute atomic E-state index is 12.8. The number of hydrogen-bond donors (Lipinski definition) is 3. The average Bonchev–Trinajstić information content (AvgIpc) is 3.54. The van der Waals surface area contributed by atoms with Gasteiger partial charge in [-0.25, -0.2) is 13.4 Å². The molecule has 0 bridgehead atoms. The Kier molecular flexibility index (Phi) is 6.82. The molecule has 10 nitrogen and oxygen atoms in total. The molecule has 2 aromatic carbocycles. The van der Waals surface area contributed by atoms with Crippen LogP contribution < -0.4 is 5.32 Å². The molecule has 1 amide bonds. The van der Waals surface area contributed by atoms with Crippen LogP contribution in [-0.4, -0.2) is 65.2 Å². The standard InChI is InChI=1S/C25H25N5O5S2/c1-15-11-16(2)23(22(31)12-15)19-13-20(29-28-19)24(32)27-25-26-21(14-36-25)17-3-5-18(6-4-17)37(33,34)30-7-9-35-10-8-30/h3-6,11-14,31H,7-10H2,1-2H3,(H,28,29)(H,26,27,32). The number of sulfonamides is 1. The molecule has 0 saturated carbocycles. The van der Waals surface area contributed by atoms with Gasteiger partial charge in [0.05, 0.1) is 29.5 Å². The molecule has 4 aromatic rings. The number of carbonyl (C=O) groups excluding carboxylic acids is 1. The number of aromatic nitrogens is 3. The molecule has 192 valence electrons. The highest BCUT2D eigenvalue weighted by molar-refractivity contribution is 7.89. The van der Waals surface area contributed by atoms with E-state index in [1.165, 1.54) is 15.6 Å². The third-order valence-electron chi connectivity index (χ3n) is 6.02. The summed E-state index contributed by atoms with van der Waals surface area (Å²) in [6.07, 6.45) is 0. The predicted octanol–water partition coefficient (Wildman–Crippen LogP) is 3.80. The highest BCUT2D eigenvalue weighted by Crippen LogP contribution is 2.33. The second kappa shape index (κ2) is 10.1. The minimum absolute atomic E-state index is 0.101. The Bertz CT molecular complexity index is 1530. The first-order valence-corrected chi connectivity index (χ1v) is 13.9. The van der Waals surface area contributed by atoms with Crippen LogP contribution in [0.5, 0.6) is 5.75 Å². The minimum Gasteiger partial charge on any atom is -0.507 e. The van der Waals surface area contributed by atoms with Crippen LogP contribution in [0.3, 0.4) is 0 Å². The van der Waals surface area contributed by atoms with E-state index in [-0.39, 0.29) is 16.3 Å². The van der Waals surface area contributed by atoms with E-state index in [0.29, 0.717) is 48.4 Å². The summed E-state index contributed by atoms with van der Waals surface area (Å²) in [6, 6.07) is 11.7. The normalized spacial score (nSPS) is 14.5. The van der Waals surface area contributed by atoms with Crippen molar-refractivity contribution in [1.82, 2.24) is 19.5 Å². The number of aryl methyl sites for hydroxylation is 2. The summed E-state index contributed by atoms with van der Waals surface area (Å²) >= 11 is 1.25.